The van der Waals surface area contributed by atoms with Crippen molar-refractivity contribution in [3.8, 4) is 0 Å². The Morgan fingerprint density at radius 3 is 1.81 bits per heavy atom. The summed E-state index contributed by atoms with van der Waals surface area (Å²) in [5, 5.41) is 10.3. The van der Waals surface area contributed by atoms with E-state index in [1.807, 2.05) is 0 Å². The topological polar surface area (TPSA) is 23.5 Å². The number of nitrogens with zero attached hydrogens (tertiary/aromatic N) is 1. The number of rotatable bonds is 9. The second-order valence-corrected chi connectivity index (χ2v) is 4.94. The molecule has 0 spiro atoms. The second-order valence-electron chi connectivity index (χ2n) is 4.94. The summed E-state index contributed by atoms with van der Waals surface area (Å²) >= 11 is 0. The first-order chi connectivity index (χ1) is 7.55. The number of hydrogen-bond donors (Lipinski definition) is 1. The summed E-state index contributed by atoms with van der Waals surface area (Å²) in [6.45, 7) is 13.9. The SMILES string of the molecule is CCC(CC)CN(CC)CC(O)(CC)CC. The third kappa shape index (κ3) is 5.31. The molecule has 0 aliphatic heterocycles. The third-order valence-corrected chi connectivity index (χ3v) is 3.95. The van der Waals surface area contributed by atoms with Gasteiger partial charge in [-0.05, 0) is 25.3 Å². The van der Waals surface area contributed by atoms with Crippen LogP contribution in [-0.4, -0.2) is 35.2 Å². The molecule has 98 valence electrons. The zero-order chi connectivity index (χ0) is 12.6. The molecule has 0 aliphatic rings. The molecule has 0 bridgehead atoms. The maximum absolute atomic E-state index is 10.3. The fourth-order valence-corrected chi connectivity index (χ4v) is 2.11. The highest BCUT2D eigenvalue weighted by atomic mass is 16.3. The lowest BCUT2D eigenvalue weighted by Gasteiger charge is -2.34. The maximum atomic E-state index is 10.3. The van der Waals surface area contributed by atoms with Crippen LogP contribution >= 0.6 is 0 Å². The molecule has 0 aromatic carbocycles. The normalized spacial score (nSPS) is 12.8. The van der Waals surface area contributed by atoms with E-state index in [0.29, 0.717) is 0 Å². The predicted octanol–water partition coefficient (Wildman–Crippen LogP) is 3.30. The van der Waals surface area contributed by atoms with E-state index < -0.39 is 5.60 Å². The molecular weight excluding hydrogens is 198 g/mol. The lowest BCUT2D eigenvalue weighted by atomic mass is 9.95. The highest BCUT2D eigenvalue weighted by Crippen LogP contribution is 2.18. The Morgan fingerprint density at radius 1 is 1.00 bits per heavy atom. The molecule has 0 unspecified atom stereocenters. The monoisotopic (exact) mass is 229 g/mol. The van der Waals surface area contributed by atoms with E-state index in [1.165, 1.54) is 12.8 Å². The molecule has 0 heterocycles. The summed E-state index contributed by atoms with van der Waals surface area (Å²) < 4.78 is 0. The van der Waals surface area contributed by atoms with Crippen LogP contribution in [-0.2, 0) is 0 Å². The van der Waals surface area contributed by atoms with Crippen molar-refractivity contribution in [2.45, 2.75) is 65.9 Å². The second kappa shape index (κ2) is 8.08. The van der Waals surface area contributed by atoms with Gasteiger partial charge in [0.1, 0.15) is 0 Å². The molecule has 2 nitrogen and oxygen atoms in total. The molecule has 0 amide bonds. The van der Waals surface area contributed by atoms with Gasteiger partial charge in [-0.15, -0.1) is 0 Å². The minimum atomic E-state index is -0.484. The van der Waals surface area contributed by atoms with E-state index in [9.17, 15) is 5.11 Å². The van der Waals surface area contributed by atoms with Gasteiger partial charge in [-0.25, -0.2) is 0 Å². The van der Waals surface area contributed by atoms with Crippen LogP contribution in [0.2, 0.25) is 0 Å². The Hall–Kier alpha value is -0.0800. The first-order valence-electron chi connectivity index (χ1n) is 6.99. The largest absolute Gasteiger partial charge is 0.389 e. The summed E-state index contributed by atoms with van der Waals surface area (Å²) in [4.78, 5) is 2.41. The Morgan fingerprint density at radius 2 is 1.50 bits per heavy atom. The van der Waals surface area contributed by atoms with E-state index >= 15 is 0 Å². The van der Waals surface area contributed by atoms with Crippen LogP contribution in [0.3, 0.4) is 0 Å². The number of aliphatic hydroxyl groups is 1. The lowest BCUT2D eigenvalue weighted by Crippen LogP contribution is -2.44. The van der Waals surface area contributed by atoms with Gasteiger partial charge in [0.15, 0.2) is 0 Å². The molecule has 0 radical (unpaired) electrons. The first kappa shape index (κ1) is 15.9. The van der Waals surface area contributed by atoms with E-state index in [-0.39, 0.29) is 0 Å². The minimum Gasteiger partial charge on any atom is -0.389 e. The molecule has 0 fully saturated rings. The van der Waals surface area contributed by atoms with Crippen LogP contribution in [0.25, 0.3) is 0 Å². The summed E-state index contributed by atoms with van der Waals surface area (Å²) in [7, 11) is 0. The smallest absolute Gasteiger partial charge is 0.0768 e. The molecule has 16 heavy (non-hydrogen) atoms. The molecule has 2 heteroatoms. The fraction of sp³-hybridized carbons (Fsp3) is 1.00. The van der Waals surface area contributed by atoms with Crippen LogP contribution in [0.4, 0.5) is 0 Å². The average Bonchev–Trinajstić information content (AvgIpc) is 2.34. The molecule has 1 N–H and O–H groups in total. The van der Waals surface area contributed by atoms with Crippen LogP contribution in [0.15, 0.2) is 0 Å². The summed E-state index contributed by atoms with van der Waals surface area (Å²) in [5.41, 5.74) is -0.484. The van der Waals surface area contributed by atoms with Gasteiger partial charge in [-0.1, -0.05) is 47.5 Å². The summed E-state index contributed by atoms with van der Waals surface area (Å²) in [6.07, 6.45) is 4.18. The van der Waals surface area contributed by atoms with E-state index in [1.54, 1.807) is 0 Å². The third-order valence-electron chi connectivity index (χ3n) is 3.95. The van der Waals surface area contributed by atoms with Crippen molar-refractivity contribution < 1.29 is 5.11 Å². The van der Waals surface area contributed by atoms with Gasteiger partial charge in [0.05, 0.1) is 5.60 Å². The molecule has 0 rings (SSSR count). The summed E-state index contributed by atoms with van der Waals surface area (Å²) in [6, 6.07) is 0. The number of hydrogen-bond acceptors (Lipinski definition) is 2. The van der Waals surface area contributed by atoms with Gasteiger partial charge in [0.2, 0.25) is 0 Å². The van der Waals surface area contributed by atoms with Crippen molar-refractivity contribution in [1.29, 1.82) is 0 Å². The van der Waals surface area contributed by atoms with Crippen LogP contribution in [0.5, 0.6) is 0 Å². The highest BCUT2D eigenvalue weighted by Gasteiger charge is 2.25. The lowest BCUT2D eigenvalue weighted by molar-refractivity contribution is -0.00597. The molecule has 0 saturated heterocycles. The van der Waals surface area contributed by atoms with Crippen LogP contribution in [0, 0.1) is 5.92 Å². The fourth-order valence-electron chi connectivity index (χ4n) is 2.11. The Kier molecular flexibility index (Phi) is 8.04. The van der Waals surface area contributed by atoms with Gasteiger partial charge < -0.3 is 10.0 Å². The van der Waals surface area contributed by atoms with Gasteiger partial charge in [0, 0.05) is 13.1 Å². The summed E-state index contributed by atoms with van der Waals surface area (Å²) in [5.74, 6) is 0.776. The molecule has 0 atom stereocenters. The Balaban J connectivity index is 4.28. The highest BCUT2D eigenvalue weighted by molar-refractivity contribution is 4.80. The van der Waals surface area contributed by atoms with Crippen molar-refractivity contribution >= 4 is 0 Å². The van der Waals surface area contributed by atoms with Crippen LogP contribution in [0.1, 0.15) is 60.3 Å². The quantitative estimate of drug-likeness (QED) is 0.656. The van der Waals surface area contributed by atoms with Crippen molar-refractivity contribution in [2.24, 2.45) is 5.92 Å². The van der Waals surface area contributed by atoms with E-state index in [0.717, 1.165) is 38.4 Å². The van der Waals surface area contributed by atoms with Crippen molar-refractivity contribution in [3.05, 3.63) is 0 Å². The molecular formula is C14H31NO. The first-order valence-corrected chi connectivity index (χ1v) is 6.99. The minimum absolute atomic E-state index is 0.484. The predicted molar refractivity (Wildman–Crippen MR) is 71.7 cm³/mol. The molecule has 0 saturated carbocycles. The van der Waals surface area contributed by atoms with Crippen LogP contribution < -0.4 is 0 Å². The average molecular weight is 229 g/mol. The Bertz CT molecular complexity index is 162. The molecule has 0 aromatic heterocycles. The zero-order valence-electron chi connectivity index (χ0n) is 11.9. The Labute approximate surface area is 102 Å². The van der Waals surface area contributed by atoms with Crippen molar-refractivity contribution in [2.75, 3.05) is 19.6 Å². The van der Waals surface area contributed by atoms with Gasteiger partial charge >= 0.3 is 0 Å². The standard InChI is InChI=1S/C14H31NO/c1-6-13(7-2)11-15(10-5)12-14(16,8-3)9-4/h13,16H,6-12H2,1-5H3. The van der Waals surface area contributed by atoms with Gasteiger partial charge in [-0.3, -0.25) is 0 Å². The van der Waals surface area contributed by atoms with E-state index in [2.05, 4.69) is 39.5 Å². The molecule has 0 aromatic rings. The van der Waals surface area contributed by atoms with E-state index in [4.69, 9.17) is 0 Å². The van der Waals surface area contributed by atoms with Crippen molar-refractivity contribution in [3.63, 3.8) is 0 Å². The molecule has 0 aliphatic carbocycles. The zero-order valence-corrected chi connectivity index (χ0v) is 11.9. The van der Waals surface area contributed by atoms with Gasteiger partial charge in [-0.2, -0.15) is 0 Å². The maximum Gasteiger partial charge on any atom is 0.0768 e. The number of likely N-dealkylation sites (N-methyl/N-ethyl adjacent to an activating group) is 1. The van der Waals surface area contributed by atoms with Gasteiger partial charge in [0.25, 0.3) is 0 Å². The van der Waals surface area contributed by atoms with Crippen molar-refractivity contribution in [1.82, 2.24) is 4.90 Å².